The molecule has 0 unspecified atom stereocenters. The number of thioether (sulfide) groups is 1. The number of benzene rings is 1. The van der Waals surface area contributed by atoms with E-state index in [1.807, 2.05) is 43.3 Å². The van der Waals surface area contributed by atoms with Crippen molar-refractivity contribution in [2.45, 2.75) is 11.8 Å². The van der Waals surface area contributed by atoms with Crippen LogP contribution in [-0.2, 0) is 4.79 Å². The largest absolute Gasteiger partial charge is 0.272 e. The third-order valence-corrected chi connectivity index (χ3v) is 3.49. The molecule has 4 nitrogen and oxygen atoms in total. The minimum Gasteiger partial charge on any atom is -0.272 e. The molecule has 20 heavy (non-hydrogen) atoms. The van der Waals surface area contributed by atoms with Crippen LogP contribution < -0.4 is 5.43 Å². The molecule has 1 aromatic heterocycles. The number of nitrogens with one attached hydrogen (secondary N) is 1. The standard InChI is InChI=1S/C15H15N3OS/c1-12-4-6-14(7-5-12)20-11-15(19)18-17-10-13-3-2-8-16-9-13/h2-10H,11H2,1H3,(H,18,19)/b17-10+. The van der Waals surface area contributed by atoms with Crippen molar-refractivity contribution in [1.82, 2.24) is 10.4 Å². The fourth-order valence-corrected chi connectivity index (χ4v) is 2.14. The maximum absolute atomic E-state index is 11.6. The lowest BCUT2D eigenvalue weighted by Crippen LogP contribution is -2.19. The molecule has 1 heterocycles. The number of hydrogen-bond acceptors (Lipinski definition) is 4. The van der Waals surface area contributed by atoms with E-state index in [2.05, 4.69) is 15.5 Å². The molecule has 0 spiro atoms. The first kappa shape index (κ1) is 14.3. The monoisotopic (exact) mass is 285 g/mol. The number of aryl methyl sites for hydroxylation is 1. The number of amides is 1. The van der Waals surface area contributed by atoms with Crippen LogP contribution in [0.1, 0.15) is 11.1 Å². The van der Waals surface area contributed by atoms with Crippen molar-refractivity contribution < 1.29 is 4.79 Å². The summed E-state index contributed by atoms with van der Waals surface area (Å²) in [7, 11) is 0. The zero-order valence-electron chi connectivity index (χ0n) is 11.1. The van der Waals surface area contributed by atoms with Crippen LogP contribution in [0.25, 0.3) is 0 Å². The zero-order valence-corrected chi connectivity index (χ0v) is 11.9. The topological polar surface area (TPSA) is 54.4 Å². The fourth-order valence-electron chi connectivity index (χ4n) is 1.45. The molecule has 2 aromatic rings. The van der Waals surface area contributed by atoms with E-state index >= 15 is 0 Å². The SMILES string of the molecule is Cc1ccc(SCC(=O)N/N=C/c2cccnc2)cc1. The van der Waals surface area contributed by atoms with Crippen molar-refractivity contribution in [2.75, 3.05) is 5.75 Å². The van der Waals surface area contributed by atoms with Crippen molar-refractivity contribution >= 4 is 23.9 Å². The van der Waals surface area contributed by atoms with Gasteiger partial charge in [0, 0.05) is 22.9 Å². The Balaban J connectivity index is 1.76. The van der Waals surface area contributed by atoms with Crippen molar-refractivity contribution in [2.24, 2.45) is 5.10 Å². The molecule has 1 aromatic carbocycles. The summed E-state index contributed by atoms with van der Waals surface area (Å²) in [5.74, 6) is 0.212. The Morgan fingerprint density at radius 3 is 2.85 bits per heavy atom. The normalized spacial score (nSPS) is 10.7. The van der Waals surface area contributed by atoms with Gasteiger partial charge in [-0.15, -0.1) is 11.8 Å². The fraction of sp³-hybridized carbons (Fsp3) is 0.133. The second-order valence-corrected chi connectivity index (χ2v) is 5.23. The van der Waals surface area contributed by atoms with Gasteiger partial charge in [0.15, 0.2) is 0 Å². The van der Waals surface area contributed by atoms with Crippen molar-refractivity contribution in [3.8, 4) is 0 Å². The lowest BCUT2D eigenvalue weighted by atomic mass is 10.2. The summed E-state index contributed by atoms with van der Waals surface area (Å²) < 4.78 is 0. The molecule has 102 valence electrons. The third-order valence-electron chi connectivity index (χ3n) is 2.48. The molecule has 0 aliphatic rings. The average Bonchev–Trinajstić information content (AvgIpc) is 2.48. The molecular formula is C15H15N3OS. The van der Waals surface area contributed by atoms with Crippen LogP contribution in [0.15, 0.2) is 58.8 Å². The average molecular weight is 285 g/mol. The maximum Gasteiger partial charge on any atom is 0.250 e. The van der Waals surface area contributed by atoms with E-state index in [1.165, 1.54) is 17.3 Å². The van der Waals surface area contributed by atoms with Gasteiger partial charge in [0.1, 0.15) is 0 Å². The van der Waals surface area contributed by atoms with E-state index in [4.69, 9.17) is 0 Å². The summed E-state index contributed by atoms with van der Waals surface area (Å²) in [5, 5.41) is 3.89. The summed E-state index contributed by atoms with van der Waals surface area (Å²) in [6.45, 7) is 2.04. The smallest absolute Gasteiger partial charge is 0.250 e. The number of hydrazone groups is 1. The number of rotatable bonds is 5. The third kappa shape index (κ3) is 4.85. The van der Waals surface area contributed by atoms with E-state index in [0.29, 0.717) is 5.75 Å². The number of aromatic nitrogens is 1. The van der Waals surface area contributed by atoms with E-state index < -0.39 is 0 Å². The Labute approximate surface area is 122 Å². The van der Waals surface area contributed by atoms with E-state index in [0.717, 1.165) is 10.5 Å². The van der Waals surface area contributed by atoms with Crippen LogP contribution in [-0.4, -0.2) is 22.9 Å². The highest BCUT2D eigenvalue weighted by atomic mass is 32.2. The first-order valence-corrected chi connectivity index (χ1v) is 7.14. The van der Waals surface area contributed by atoms with Gasteiger partial charge < -0.3 is 0 Å². The summed E-state index contributed by atoms with van der Waals surface area (Å²) in [6, 6.07) is 11.8. The molecule has 0 bridgehead atoms. The number of hydrogen-bond donors (Lipinski definition) is 1. The van der Waals surface area contributed by atoms with Crippen LogP contribution in [0, 0.1) is 6.92 Å². The van der Waals surface area contributed by atoms with Gasteiger partial charge in [-0.2, -0.15) is 5.10 Å². The van der Waals surface area contributed by atoms with Crippen LogP contribution >= 0.6 is 11.8 Å². The lowest BCUT2D eigenvalue weighted by molar-refractivity contribution is -0.118. The van der Waals surface area contributed by atoms with E-state index in [1.54, 1.807) is 18.6 Å². The second-order valence-electron chi connectivity index (χ2n) is 4.18. The highest BCUT2D eigenvalue weighted by Gasteiger charge is 2.01. The summed E-state index contributed by atoms with van der Waals surface area (Å²) >= 11 is 1.49. The van der Waals surface area contributed by atoms with Crippen LogP contribution in [0.2, 0.25) is 0 Å². The highest BCUT2D eigenvalue weighted by Crippen LogP contribution is 2.17. The first-order valence-electron chi connectivity index (χ1n) is 6.15. The molecule has 0 fully saturated rings. The van der Waals surface area contributed by atoms with Gasteiger partial charge in [0.25, 0.3) is 0 Å². The Bertz CT molecular complexity index is 582. The molecule has 1 amide bonds. The predicted molar refractivity (Wildman–Crippen MR) is 81.9 cm³/mol. The zero-order chi connectivity index (χ0) is 14.2. The number of carbonyl (C=O) groups is 1. The molecule has 0 radical (unpaired) electrons. The Hall–Kier alpha value is -2.14. The minimum absolute atomic E-state index is 0.129. The van der Waals surface area contributed by atoms with Crippen molar-refractivity contribution in [3.05, 3.63) is 59.9 Å². The van der Waals surface area contributed by atoms with Crippen LogP contribution in [0.3, 0.4) is 0 Å². The molecule has 0 saturated carbocycles. The lowest BCUT2D eigenvalue weighted by Gasteiger charge is -2.01. The van der Waals surface area contributed by atoms with Crippen LogP contribution in [0.4, 0.5) is 0 Å². The van der Waals surface area contributed by atoms with E-state index in [9.17, 15) is 4.79 Å². The van der Waals surface area contributed by atoms with Gasteiger partial charge in [-0.1, -0.05) is 23.8 Å². The van der Waals surface area contributed by atoms with Crippen LogP contribution in [0.5, 0.6) is 0 Å². The van der Waals surface area contributed by atoms with Gasteiger partial charge in [0.05, 0.1) is 12.0 Å². The van der Waals surface area contributed by atoms with Gasteiger partial charge in [-0.3, -0.25) is 9.78 Å². The van der Waals surface area contributed by atoms with Gasteiger partial charge in [0.2, 0.25) is 5.91 Å². The molecule has 0 atom stereocenters. The summed E-state index contributed by atoms with van der Waals surface area (Å²) in [6.07, 6.45) is 4.94. The second kappa shape index (κ2) is 7.45. The Morgan fingerprint density at radius 2 is 2.15 bits per heavy atom. The number of carbonyl (C=O) groups excluding carboxylic acids is 1. The molecule has 0 aliphatic carbocycles. The molecular weight excluding hydrogens is 270 g/mol. The summed E-state index contributed by atoms with van der Waals surface area (Å²) in [5.41, 5.74) is 4.55. The highest BCUT2D eigenvalue weighted by molar-refractivity contribution is 8.00. The van der Waals surface area contributed by atoms with Crippen molar-refractivity contribution in [1.29, 1.82) is 0 Å². The minimum atomic E-state index is -0.129. The van der Waals surface area contributed by atoms with Gasteiger partial charge in [-0.25, -0.2) is 5.43 Å². The summed E-state index contributed by atoms with van der Waals surface area (Å²) in [4.78, 5) is 16.6. The quantitative estimate of drug-likeness (QED) is 0.522. The molecule has 0 saturated heterocycles. The Kier molecular flexibility index (Phi) is 5.32. The number of pyridine rings is 1. The molecule has 0 aliphatic heterocycles. The predicted octanol–water partition coefficient (Wildman–Crippen LogP) is 2.63. The van der Waals surface area contributed by atoms with Crippen molar-refractivity contribution in [3.63, 3.8) is 0 Å². The molecule has 2 rings (SSSR count). The Morgan fingerprint density at radius 1 is 1.35 bits per heavy atom. The molecule has 1 N–H and O–H groups in total. The number of nitrogens with zero attached hydrogens (tertiary/aromatic N) is 2. The first-order chi connectivity index (χ1) is 9.74. The van der Waals surface area contributed by atoms with Gasteiger partial charge >= 0.3 is 0 Å². The molecule has 5 heteroatoms. The van der Waals surface area contributed by atoms with E-state index in [-0.39, 0.29) is 5.91 Å². The maximum atomic E-state index is 11.6. The van der Waals surface area contributed by atoms with Gasteiger partial charge in [-0.05, 0) is 25.1 Å².